The number of hydrogen-bond donors (Lipinski definition) is 0. The van der Waals surface area contributed by atoms with Gasteiger partial charge in [-0.3, -0.25) is 0 Å². The Morgan fingerprint density at radius 2 is 1.75 bits per heavy atom. The van der Waals surface area contributed by atoms with Gasteiger partial charge in [0, 0.05) is 0 Å². The third kappa shape index (κ3) is 0.956. The molecule has 2 atom stereocenters. The van der Waals surface area contributed by atoms with Crippen molar-refractivity contribution in [3.8, 4) is 0 Å². The van der Waals surface area contributed by atoms with Crippen LogP contribution >= 0.6 is 0 Å². The van der Waals surface area contributed by atoms with Crippen LogP contribution in [0.1, 0.15) is 6.92 Å². The molecular weight excluding hydrogens is 117 g/mol. The highest BCUT2D eigenvalue weighted by Gasteiger charge is 2.53. The first kappa shape index (κ1) is 5.92. The molecule has 2 radical (unpaired) electrons. The van der Waals surface area contributed by atoms with Crippen molar-refractivity contribution in [2.24, 2.45) is 11.8 Å². The maximum atomic E-state index is 11.4. The number of hydrogen-bond acceptors (Lipinski definition) is 0. The Bertz CT molecular complexity index is 94.3. The van der Waals surface area contributed by atoms with E-state index in [2.05, 4.69) is 6.42 Å². The second-order valence-corrected chi connectivity index (χ2v) is 1.97. The summed E-state index contributed by atoms with van der Waals surface area (Å²) in [6.45, 7) is 1.51. The van der Waals surface area contributed by atoms with Crippen LogP contribution in [0, 0.1) is 18.3 Å². The number of halogens is 3. The highest BCUT2D eigenvalue weighted by Crippen LogP contribution is 2.48. The Hall–Kier alpha value is -0.210. The molecule has 0 amide bonds. The summed E-state index contributed by atoms with van der Waals surface area (Å²) in [5.41, 5.74) is 0. The van der Waals surface area contributed by atoms with Crippen LogP contribution in [0.25, 0.3) is 0 Å². The van der Waals surface area contributed by atoms with E-state index in [1.807, 2.05) is 0 Å². The Balaban J connectivity index is 2.39. The van der Waals surface area contributed by atoms with Crippen LogP contribution in [0.2, 0.25) is 0 Å². The van der Waals surface area contributed by atoms with Crippen LogP contribution in [0.4, 0.5) is 13.2 Å². The van der Waals surface area contributed by atoms with Crippen molar-refractivity contribution in [3.05, 3.63) is 6.42 Å². The molecule has 1 rings (SSSR count). The molecule has 0 spiro atoms. The van der Waals surface area contributed by atoms with Crippen molar-refractivity contribution < 1.29 is 13.2 Å². The molecule has 0 aliphatic heterocycles. The lowest BCUT2D eigenvalue weighted by Crippen LogP contribution is -2.10. The summed E-state index contributed by atoms with van der Waals surface area (Å²) in [4.78, 5) is 0. The van der Waals surface area contributed by atoms with E-state index in [1.54, 1.807) is 0 Å². The maximum Gasteiger partial charge on any atom is 0.392 e. The quantitative estimate of drug-likeness (QED) is 0.460. The van der Waals surface area contributed by atoms with E-state index in [0.29, 0.717) is 0 Å². The predicted octanol–water partition coefficient (Wildman–Crippen LogP) is 1.90. The van der Waals surface area contributed by atoms with E-state index in [0.717, 1.165) is 0 Å². The second kappa shape index (κ2) is 1.39. The molecule has 46 valence electrons. The summed E-state index contributed by atoms with van der Waals surface area (Å²) >= 11 is 0. The summed E-state index contributed by atoms with van der Waals surface area (Å²) in [5, 5.41) is 0. The molecule has 3 heteroatoms. The van der Waals surface area contributed by atoms with Crippen molar-refractivity contribution in [3.63, 3.8) is 0 Å². The van der Waals surface area contributed by atoms with Gasteiger partial charge in [0.05, 0.1) is 5.92 Å². The molecule has 1 aliphatic carbocycles. The van der Waals surface area contributed by atoms with E-state index in [-0.39, 0.29) is 5.92 Å². The van der Waals surface area contributed by atoms with Crippen molar-refractivity contribution in [1.29, 1.82) is 0 Å². The molecule has 2 unspecified atom stereocenters. The summed E-state index contributed by atoms with van der Waals surface area (Å²) in [6, 6.07) is 0. The van der Waals surface area contributed by atoms with Gasteiger partial charge in [-0.2, -0.15) is 13.2 Å². The molecule has 8 heavy (non-hydrogen) atoms. The van der Waals surface area contributed by atoms with E-state index in [4.69, 9.17) is 0 Å². The van der Waals surface area contributed by atoms with Gasteiger partial charge in [0.25, 0.3) is 0 Å². The first-order chi connectivity index (χ1) is 3.52. The Kier molecular flexibility index (Phi) is 1.03. The lowest BCUT2D eigenvalue weighted by Gasteiger charge is -2.00. The van der Waals surface area contributed by atoms with Crippen LogP contribution in [-0.2, 0) is 0 Å². The molecule has 1 aliphatic rings. The molecule has 0 bridgehead atoms. The monoisotopic (exact) mass is 122 g/mol. The molecule has 0 aromatic rings. The SMILES string of the molecule is CC1[C]C1C(F)(F)F. The smallest absolute Gasteiger partial charge is 0.171 e. The van der Waals surface area contributed by atoms with Gasteiger partial charge in [0.1, 0.15) is 0 Å². The molecule has 1 fully saturated rings. The molecule has 0 aromatic heterocycles. The highest BCUT2D eigenvalue weighted by molar-refractivity contribution is 5.06. The zero-order chi connectivity index (χ0) is 6.36. The lowest BCUT2D eigenvalue weighted by molar-refractivity contribution is -0.147. The molecule has 0 aromatic carbocycles. The average Bonchev–Trinajstić information content (AvgIpc) is 2.13. The van der Waals surface area contributed by atoms with E-state index >= 15 is 0 Å². The van der Waals surface area contributed by atoms with Crippen molar-refractivity contribution in [1.82, 2.24) is 0 Å². The summed E-state index contributed by atoms with van der Waals surface area (Å²) in [7, 11) is 0. The van der Waals surface area contributed by atoms with Crippen molar-refractivity contribution in [2.45, 2.75) is 13.1 Å². The highest BCUT2D eigenvalue weighted by atomic mass is 19.4. The average molecular weight is 122 g/mol. The van der Waals surface area contributed by atoms with Crippen LogP contribution in [0.3, 0.4) is 0 Å². The molecule has 1 saturated carbocycles. The van der Waals surface area contributed by atoms with Gasteiger partial charge in [-0.25, -0.2) is 0 Å². The fourth-order valence-corrected chi connectivity index (χ4v) is 0.606. The van der Waals surface area contributed by atoms with Gasteiger partial charge in [0.15, 0.2) is 0 Å². The fourth-order valence-electron chi connectivity index (χ4n) is 0.606. The Labute approximate surface area is 45.7 Å². The minimum Gasteiger partial charge on any atom is -0.171 e. The maximum absolute atomic E-state index is 11.4. The zero-order valence-corrected chi connectivity index (χ0v) is 4.29. The van der Waals surface area contributed by atoms with E-state index < -0.39 is 12.1 Å². The normalized spacial score (nSPS) is 37.5. The Morgan fingerprint density at radius 3 is 1.75 bits per heavy atom. The first-order valence-electron chi connectivity index (χ1n) is 2.34. The van der Waals surface area contributed by atoms with Crippen LogP contribution < -0.4 is 0 Å². The Morgan fingerprint density at radius 1 is 1.38 bits per heavy atom. The minimum absolute atomic E-state index is 0.366. The molecule has 0 saturated heterocycles. The van der Waals surface area contributed by atoms with Crippen molar-refractivity contribution >= 4 is 0 Å². The molecule has 0 N–H and O–H groups in total. The standard InChI is InChI=1S/C5H5F3/c1-3-2-4(3)5(6,7)8/h3-4H,1H3. The number of alkyl halides is 3. The van der Waals surface area contributed by atoms with Gasteiger partial charge >= 0.3 is 6.18 Å². The zero-order valence-electron chi connectivity index (χ0n) is 4.29. The van der Waals surface area contributed by atoms with Gasteiger partial charge in [0.2, 0.25) is 0 Å². The van der Waals surface area contributed by atoms with Crippen molar-refractivity contribution in [2.75, 3.05) is 0 Å². The third-order valence-electron chi connectivity index (χ3n) is 1.19. The van der Waals surface area contributed by atoms with Crippen LogP contribution in [-0.4, -0.2) is 6.18 Å². The topological polar surface area (TPSA) is 0 Å². The van der Waals surface area contributed by atoms with Gasteiger partial charge in [-0.15, -0.1) is 0 Å². The number of rotatable bonds is 0. The largest absolute Gasteiger partial charge is 0.392 e. The molecule has 0 heterocycles. The summed E-state index contributed by atoms with van der Waals surface area (Å²) in [6.07, 6.45) is -1.78. The molecule has 0 nitrogen and oxygen atoms in total. The summed E-state index contributed by atoms with van der Waals surface area (Å²) < 4.78 is 34.3. The van der Waals surface area contributed by atoms with E-state index in [9.17, 15) is 13.2 Å². The third-order valence-corrected chi connectivity index (χ3v) is 1.19. The van der Waals surface area contributed by atoms with Gasteiger partial charge < -0.3 is 0 Å². The van der Waals surface area contributed by atoms with Crippen LogP contribution in [0.15, 0.2) is 0 Å². The summed E-state index contributed by atoms with van der Waals surface area (Å²) in [5.74, 6) is -1.60. The van der Waals surface area contributed by atoms with Crippen LogP contribution in [0.5, 0.6) is 0 Å². The van der Waals surface area contributed by atoms with Gasteiger partial charge in [-0.1, -0.05) is 6.92 Å². The minimum atomic E-state index is -4.03. The molecular formula is C5H5F3. The first-order valence-corrected chi connectivity index (χ1v) is 2.34. The lowest BCUT2D eigenvalue weighted by atomic mass is 10.3. The van der Waals surface area contributed by atoms with Gasteiger partial charge in [-0.05, 0) is 12.3 Å². The second-order valence-electron chi connectivity index (χ2n) is 1.97. The fraction of sp³-hybridized carbons (Fsp3) is 0.800. The predicted molar refractivity (Wildman–Crippen MR) is 22.0 cm³/mol. The van der Waals surface area contributed by atoms with E-state index in [1.165, 1.54) is 6.92 Å².